The van der Waals surface area contributed by atoms with Gasteiger partial charge in [0.1, 0.15) is 5.82 Å². The van der Waals surface area contributed by atoms with Gasteiger partial charge in [0.05, 0.1) is 5.75 Å². The number of carbonyl (C=O) groups excluding carboxylic acids is 1. The number of aromatic amines is 1. The van der Waals surface area contributed by atoms with Crippen LogP contribution >= 0.6 is 11.8 Å². The van der Waals surface area contributed by atoms with Crippen molar-refractivity contribution in [2.75, 3.05) is 22.9 Å². The van der Waals surface area contributed by atoms with E-state index in [4.69, 9.17) is 5.73 Å². The normalized spacial score (nSPS) is 11.2. The average molecular weight is 447 g/mol. The third-order valence-corrected chi connectivity index (χ3v) is 6.34. The van der Waals surface area contributed by atoms with E-state index in [0.29, 0.717) is 13.1 Å². The number of amides is 1. The summed E-state index contributed by atoms with van der Waals surface area (Å²) in [6.45, 7) is 12.8. The number of nitrogens with one attached hydrogen (secondary N) is 1. The first-order chi connectivity index (χ1) is 14.6. The highest BCUT2D eigenvalue weighted by atomic mass is 32.2. The molecule has 0 spiro atoms. The Morgan fingerprint density at radius 2 is 1.81 bits per heavy atom. The van der Waals surface area contributed by atoms with Crippen LogP contribution in [-0.4, -0.2) is 27.8 Å². The van der Waals surface area contributed by atoms with E-state index in [9.17, 15) is 14.4 Å². The molecule has 0 aliphatic carbocycles. The number of nitrogen functional groups attached to an aromatic ring is 1. The van der Waals surface area contributed by atoms with Crippen molar-refractivity contribution < 1.29 is 4.79 Å². The number of nitrogens with zero attached hydrogens (tertiary/aromatic N) is 2. The molecule has 0 saturated carbocycles. The fraction of sp³-hybridized carbons (Fsp3) is 0.522. The Balaban J connectivity index is 2.41. The van der Waals surface area contributed by atoms with E-state index in [1.807, 2.05) is 41.5 Å². The molecular weight excluding hydrogens is 412 g/mol. The van der Waals surface area contributed by atoms with Crippen LogP contribution in [0, 0.1) is 26.7 Å². The van der Waals surface area contributed by atoms with Crippen molar-refractivity contribution in [2.24, 2.45) is 5.92 Å². The Bertz CT molecular complexity index is 1030. The highest BCUT2D eigenvalue weighted by molar-refractivity contribution is 8.00. The number of hydrogen-bond acceptors (Lipinski definition) is 5. The molecule has 3 N–H and O–H groups in total. The molecule has 0 aliphatic rings. The van der Waals surface area contributed by atoms with Gasteiger partial charge in [-0.05, 0) is 44.2 Å². The molecule has 2 rings (SSSR count). The van der Waals surface area contributed by atoms with E-state index in [0.717, 1.165) is 28.9 Å². The maximum Gasteiger partial charge on any atom is 0.330 e. The van der Waals surface area contributed by atoms with Gasteiger partial charge in [0, 0.05) is 18.0 Å². The Hall–Kier alpha value is -2.48. The molecular formula is C23H34N4O3S. The second-order valence-corrected chi connectivity index (χ2v) is 9.40. The molecule has 8 heteroatoms. The molecule has 0 unspecified atom stereocenters. The lowest BCUT2D eigenvalue weighted by atomic mass is 10.1. The first kappa shape index (κ1) is 24.8. The molecule has 0 aliphatic heterocycles. The fourth-order valence-corrected chi connectivity index (χ4v) is 4.67. The van der Waals surface area contributed by atoms with E-state index in [1.54, 1.807) is 0 Å². The van der Waals surface area contributed by atoms with Crippen LogP contribution in [0.5, 0.6) is 0 Å². The minimum absolute atomic E-state index is 0.0413. The van der Waals surface area contributed by atoms with Gasteiger partial charge in [0.25, 0.3) is 5.56 Å². The summed E-state index contributed by atoms with van der Waals surface area (Å²) in [5, 5.41) is 0. The lowest BCUT2D eigenvalue weighted by Gasteiger charge is -2.25. The van der Waals surface area contributed by atoms with E-state index in [-0.39, 0.29) is 29.1 Å². The number of nitrogens with two attached hydrogens (primary N) is 1. The fourth-order valence-electron chi connectivity index (χ4n) is 3.67. The van der Waals surface area contributed by atoms with Gasteiger partial charge in [-0.25, -0.2) is 4.79 Å². The molecule has 1 amide bonds. The number of benzene rings is 1. The predicted molar refractivity (Wildman–Crippen MR) is 129 cm³/mol. The number of carbonyl (C=O) groups is 1. The zero-order valence-corrected chi connectivity index (χ0v) is 20.2. The van der Waals surface area contributed by atoms with Gasteiger partial charge in [-0.1, -0.05) is 44.9 Å². The lowest BCUT2D eigenvalue weighted by Crippen LogP contribution is -2.42. The maximum absolute atomic E-state index is 13.2. The Morgan fingerprint density at radius 3 is 2.35 bits per heavy atom. The van der Waals surface area contributed by atoms with Gasteiger partial charge in [0.2, 0.25) is 5.91 Å². The summed E-state index contributed by atoms with van der Waals surface area (Å²) >= 11 is 1.46. The smallest absolute Gasteiger partial charge is 0.330 e. The van der Waals surface area contributed by atoms with Crippen molar-refractivity contribution in [2.45, 2.75) is 65.8 Å². The molecule has 31 heavy (non-hydrogen) atoms. The summed E-state index contributed by atoms with van der Waals surface area (Å²) in [6.07, 6.45) is 1.58. The van der Waals surface area contributed by atoms with E-state index in [1.165, 1.54) is 26.8 Å². The summed E-state index contributed by atoms with van der Waals surface area (Å²) in [5.74, 6) is 0.169. The number of aromatic nitrogens is 2. The van der Waals surface area contributed by atoms with E-state index < -0.39 is 11.2 Å². The molecule has 1 aromatic heterocycles. The van der Waals surface area contributed by atoms with Crippen LogP contribution in [0.4, 0.5) is 11.5 Å². The third kappa shape index (κ3) is 6.03. The maximum atomic E-state index is 13.2. The van der Waals surface area contributed by atoms with Crippen molar-refractivity contribution in [3.05, 3.63) is 49.7 Å². The zero-order valence-electron chi connectivity index (χ0n) is 19.4. The number of unbranched alkanes of at least 4 members (excludes halogenated alkanes) is 1. The van der Waals surface area contributed by atoms with Crippen LogP contribution < -0.4 is 21.9 Å². The van der Waals surface area contributed by atoms with Crippen LogP contribution in [0.15, 0.2) is 26.6 Å². The van der Waals surface area contributed by atoms with Crippen LogP contribution in [0.3, 0.4) is 0 Å². The van der Waals surface area contributed by atoms with Crippen molar-refractivity contribution in [1.82, 2.24) is 9.55 Å². The lowest BCUT2D eigenvalue weighted by molar-refractivity contribution is -0.116. The van der Waals surface area contributed by atoms with Crippen LogP contribution in [0.2, 0.25) is 0 Å². The number of rotatable bonds is 9. The molecule has 0 fully saturated rings. The number of H-pyrrole nitrogens is 1. The van der Waals surface area contributed by atoms with Crippen molar-refractivity contribution in [1.29, 1.82) is 0 Å². The summed E-state index contributed by atoms with van der Waals surface area (Å²) in [4.78, 5) is 43.1. The summed E-state index contributed by atoms with van der Waals surface area (Å²) in [7, 11) is 0. The first-order valence-electron chi connectivity index (χ1n) is 10.7. The largest absolute Gasteiger partial charge is 0.383 e. The van der Waals surface area contributed by atoms with Crippen LogP contribution in [-0.2, 0) is 11.3 Å². The minimum atomic E-state index is -0.625. The van der Waals surface area contributed by atoms with Crippen LogP contribution in [0.25, 0.3) is 0 Å². The predicted octanol–water partition coefficient (Wildman–Crippen LogP) is 3.63. The topological polar surface area (TPSA) is 101 Å². The molecule has 1 heterocycles. The van der Waals surface area contributed by atoms with Crippen molar-refractivity contribution in [3.8, 4) is 0 Å². The van der Waals surface area contributed by atoms with Gasteiger partial charge in [-0.15, -0.1) is 11.8 Å². The summed E-state index contributed by atoms with van der Waals surface area (Å²) in [6, 6.07) is 4.19. The van der Waals surface area contributed by atoms with Gasteiger partial charge in [-0.3, -0.25) is 19.1 Å². The van der Waals surface area contributed by atoms with Crippen molar-refractivity contribution >= 4 is 29.2 Å². The van der Waals surface area contributed by atoms with Gasteiger partial charge in [0.15, 0.2) is 5.69 Å². The summed E-state index contributed by atoms with van der Waals surface area (Å²) in [5.41, 5.74) is 8.58. The Morgan fingerprint density at radius 1 is 1.19 bits per heavy atom. The number of anilines is 2. The molecule has 7 nitrogen and oxygen atoms in total. The molecule has 0 radical (unpaired) electrons. The zero-order chi connectivity index (χ0) is 23.3. The first-order valence-corrected chi connectivity index (χ1v) is 11.7. The van der Waals surface area contributed by atoms with Gasteiger partial charge in [-0.2, -0.15) is 0 Å². The standard InChI is InChI=1S/C23H34N4O3S/c1-7-8-9-26(18(28)13-31-20-16(5)10-15(4)11-17(20)6)19-21(24)27(12-14(2)3)23(30)25-22(19)29/h10-11,14H,7-9,12-13,24H2,1-6H3,(H,25,29,30). The molecule has 170 valence electrons. The second-order valence-electron chi connectivity index (χ2n) is 8.41. The molecule has 0 saturated heterocycles. The van der Waals surface area contributed by atoms with Gasteiger partial charge >= 0.3 is 5.69 Å². The van der Waals surface area contributed by atoms with Crippen molar-refractivity contribution in [3.63, 3.8) is 0 Å². The number of thioether (sulfide) groups is 1. The summed E-state index contributed by atoms with van der Waals surface area (Å²) < 4.78 is 1.34. The van der Waals surface area contributed by atoms with Crippen LogP contribution in [0.1, 0.15) is 50.3 Å². The second kappa shape index (κ2) is 10.7. The Kier molecular flexibility index (Phi) is 8.56. The SMILES string of the molecule is CCCCN(C(=O)CSc1c(C)cc(C)cc1C)c1c(N)n(CC(C)C)c(=O)[nH]c1=O. The minimum Gasteiger partial charge on any atom is -0.383 e. The number of hydrogen-bond donors (Lipinski definition) is 2. The van der Waals surface area contributed by atoms with E-state index in [2.05, 4.69) is 17.1 Å². The molecule has 1 aromatic carbocycles. The molecule has 0 atom stereocenters. The Labute approximate surface area is 188 Å². The number of aryl methyl sites for hydroxylation is 3. The highest BCUT2D eigenvalue weighted by Crippen LogP contribution is 2.28. The quantitative estimate of drug-likeness (QED) is 0.573. The van der Waals surface area contributed by atoms with Gasteiger partial charge < -0.3 is 10.6 Å². The highest BCUT2D eigenvalue weighted by Gasteiger charge is 2.24. The molecule has 2 aromatic rings. The monoisotopic (exact) mass is 446 g/mol. The molecule has 0 bridgehead atoms. The average Bonchev–Trinajstić information content (AvgIpc) is 2.66. The van der Waals surface area contributed by atoms with E-state index >= 15 is 0 Å². The third-order valence-electron chi connectivity index (χ3n) is 5.01.